The van der Waals surface area contributed by atoms with Crippen molar-refractivity contribution in [1.82, 2.24) is 5.32 Å². The van der Waals surface area contributed by atoms with E-state index in [9.17, 15) is 9.90 Å². The lowest BCUT2D eigenvalue weighted by Gasteiger charge is -2.19. The van der Waals surface area contributed by atoms with Gasteiger partial charge < -0.3 is 20.3 Å². The van der Waals surface area contributed by atoms with Crippen LogP contribution in [0.1, 0.15) is 19.4 Å². The molecule has 0 aliphatic rings. The molecule has 1 atom stereocenters. The van der Waals surface area contributed by atoms with Crippen molar-refractivity contribution in [2.24, 2.45) is 0 Å². The van der Waals surface area contributed by atoms with Crippen molar-refractivity contribution < 1.29 is 19.7 Å². The molecule has 0 aliphatic heterocycles. The minimum absolute atomic E-state index is 0.00402. The number of carbonyl (C=O) groups is 1. The van der Waals surface area contributed by atoms with Gasteiger partial charge in [0.1, 0.15) is 11.4 Å². The molecule has 0 aliphatic carbocycles. The Morgan fingerprint density at radius 2 is 2.05 bits per heavy atom. The van der Waals surface area contributed by atoms with Crippen LogP contribution in [0.15, 0.2) is 30.3 Å². The van der Waals surface area contributed by atoms with Crippen molar-refractivity contribution in [3.05, 3.63) is 35.9 Å². The molecule has 0 bridgehead atoms. The van der Waals surface area contributed by atoms with Crippen molar-refractivity contribution >= 4 is 12.0 Å². The molecule has 0 heterocycles. The van der Waals surface area contributed by atoms with Crippen LogP contribution in [-0.2, 0) is 4.79 Å². The third-order valence-electron chi connectivity index (χ3n) is 2.60. The Bertz CT molecular complexity index is 451. The lowest BCUT2D eigenvalue weighted by Crippen LogP contribution is -2.42. The number of rotatable bonds is 7. The summed E-state index contributed by atoms with van der Waals surface area (Å²) in [5.41, 5.74) is -0.430. The van der Waals surface area contributed by atoms with Crippen LogP contribution in [-0.4, -0.2) is 41.5 Å². The average Bonchev–Trinajstić information content (AvgIpc) is 2.45. The van der Waals surface area contributed by atoms with Gasteiger partial charge in [0, 0.05) is 12.6 Å². The van der Waals surface area contributed by atoms with Crippen LogP contribution in [0.25, 0.3) is 6.08 Å². The number of hydrogen-bond donors (Lipinski definition) is 3. The van der Waals surface area contributed by atoms with Gasteiger partial charge in [0.2, 0.25) is 5.91 Å². The van der Waals surface area contributed by atoms with Crippen LogP contribution in [0.5, 0.6) is 5.75 Å². The smallest absolute Gasteiger partial charge is 0.244 e. The van der Waals surface area contributed by atoms with E-state index in [0.29, 0.717) is 6.61 Å². The molecule has 3 N–H and O–H groups in total. The Morgan fingerprint density at radius 3 is 2.60 bits per heavy atom. The van der Waals surface area contributed by atoms with E-state index in [0.717, 1.165) is 11.3 Å². The molecule has 0 saturated carbocycles. The van der Waals surface area contributed by atoms with Crippen LogP contribution < -0.4 is 10.1 Å². The summed E-state index contributed by atoms with van der Waals surface area (Å²) < 4.78 is 5.32. The predicted octanol–water partition coefficient (Wildman–Crippen LogP) is 0.958. The molecule has 0 fully saturated rings. The molecule has 0 aromatic heterocycles. The molecule has 5 heteroatoms. The fraction of sp³-hybridized carbons (Fsp3) is 0.400. The van der Waals surface area contributed by atoms with E-state index < -0.39 is 12.2 Å². The van der Waals surface area contributed by atoms with Crippen molar-refractivity contribution in [2.45, 2.75) is 19.4 Å². The van der Waals surface area contributed by atoms with E-state index in [4.69, 9.17) is 9.84 Å². The van der Waals surface area contributed by atoms with Crippen LogP contribution in [0, 0.1) is 0 Å². The molecule has 1 rings (SSSR count). The van der Waals surface area contributed by atoms with Gasteiger partial charge in [-0.25, -0.2) is 0 Å². The van der Waals surface area contributed by atoms with E-state index in [1.54, 1.807) is 6.08 Å². The van der Waals surface area contributed by atoms with Crippen LogP contribution in [0.3, 0.4) is 0 Å². The van der Waals surface area contributed by atoms with Crippen molar-refractivity contribution in [3.8, 4) is 5.75 Å². The highest BCUT2D eigenvalue weighted by atomic mass is 16.5. The summed E-state index contributed by atoms with van der Waals surface area (Å²) in [6, 6.07) is 7.35. The third-order valence-corrected chi connectivity index (χ3v) is 2.60. The lowest BCUT2D eigenvalue weighted by atomic mass is 10.1. The highest BCUT2D eigenvalue weighted by molar-refractivity contribution is 5.91. The first kappa shape index (κ1) is 16.2. The number of amides is 1. The minimum atomic E-state index is -1.30. The van der Waals surface area contributed by atoms with Crippen LogP contribution in [0.4, 0.5) is 0 Å². The second-order valence-corrected chi connectivity index (χ2v) is 4.71. The Morgan fingerprint density at radius 1 is 1.40 bits per heavy atom. The van der Waals surface area contributed by atoms with Gasteiger partial charge >= 0.3 is 0 Å². The van der Waals surface area contributed by atoms with Gasteiger partial charge in [0.25, 0.3) is 0 Å². The first-order valence-electron chi connectivity index (χ1n) is 6.49. The van der Waals surface area contributed by atoms with Crippen LogP contribution >= 0.6 is 0 Å². The fourth-order valence-electron chi connectivity index (χ4n) is 1.41. The van der Waals surface area contributed by atoms with Crippen molar-refractivity contribution in [3.63, 3.8) is 0 Å². The maximum atomic E-state index is 11.5. The summed E-state index contributed by atoms with van der Waals surface area (Å²) in [5, 5.41) is 20.9. The molecule has 1 aromatic carbocycles. The van der Waals surface area contributed by atoms with Crippen molar-refractivity contribution in [2.75, 3.05) is 19.8 Å². The molecular formula is C15H21NO4. The molecule has 1 amide bonds. The molecule has 0 spiro atoms. The summed E-state index contributed by atoms with van der Waals surface area (Å²) >= 11 is 0. The zero-order valence-corrected chi connectivity index (χ0v) is 11.8. The third kappa shape index (κ3) is 5.86. The Kier molecular flexibility index (Phi) is 6.21. The number of carbonyl (C=O) groups excluding carboxylic acids is 1. The topological polar surface area (TPSA) is 78.8 Å². The normalized spacial score (nSPS) is 14.0. The van der Waals surface area contributed by atoms with Crippen molar-refractivity contribution in [1.29, 1.82) is 0 Å². The number of benzene rings is 1. The van der Waals surface area contributed by atoms with E-state index in [1.165, 1.54) is 13.0 Å². The van der Waals surface area contributed by atoms with Gasteiger partial charge in [-0.3, -0.25) is 4.79 Å². The van der Waals surface area contributed by atoms with Gasteiger partial charge in [-0.05, 0) is 37.6 Å². The molecule has 0 saturated heterocycles. The number of hydrogen-bond acceptors (Lipinski definition) is 4. The Hall–Kier alpha value is -1.85. The summed E-state index contributed by atoms with van der Waals surface area (Å²) in [7, 11) is 0. The predicted molar refractivity (Wildman–Crippen MR) is 77.4 cm³/mol. The standard InChI is InChI=1S/C15H21NO4/c1-3-20-13-7-4-12(5-8-13)6-9-14(18)16-10-15(2,19)11-17/h4-9,17,19H,3,10-11H2,1-2H3,(H,16,18). The summed E-state index contributed by atoms with van der Waals surface area (Å²) in [6.45, 7) is 3.57. The molecule has 0 radical (unpaired) electrons. The number of aliphatic hydroxyl groups is 2. The Labute approximate surface area is 118 Å². The fourth-order valence-corrected chi connectivity index (χ4v) is 1.41. The maximum absolute atomic E-state index is 11.5. The molecule has 5 nitrogen and oxygen atoms in total. The van der Waals surface area contributed by atoms with E-state index in [-0.39, 0.29) is 12.5 Å². The average molecular weight is 279 g/mol. The first-order valence-corrected chi connectivity index (χ1v) is 6.49. The first-order chi connectivity index (χ1) is 9.46. The molecule has 20 heavy (non-hydrogen) atoms. The number of nitrogens with one attached hydrogen (secondary N) is 1. The largest absolute Gasteiger partial charge is 0.494 e. The van der Waals surface area contributed by atoms with E-state index in [1.807, 2.05) is 31.2 Å². The molecule has 1 aromatic rings. The molecular weight excluding hydrogens is 258 g/mol. The molecule has 110 valence electrons. The van der Waals surface area contributed by atoms with E-state index >= 15 is 0 Å². The van der Waals surface area contributed by atoms with Gasteiger partial charge in [-0.1, -0.05) is 12.1 Å². The highest BCUT2D eigenvalue weighted by Crippen LogP contribution is 2.12. The Balaban J connectivity index is 2.48. The van der Waals surface area contributed by atoms with E-state index in [2.05, 4.69) is 5.32 Å². The second kappa shape index (κ2) is 7.67. The van der Waals surface area contributed by atoms with Gasteiger partial charge in [-0.15, -0.1) is 0 Å². The second-order valence-electron chi connectivity index (χ2n) is 4.71. The maximum Gasteiger partial charge on any atom is 0.244 e. The van der Waals surface area contributed by atoms with Gasteiger partial charge in [-0.2, -0.15) is 0 Å². The monoisotopic (exact) mass is 279 g/mol. The van der Waals surface area contributed by atoms with Gasteiger partial charge in [0.15, 0.2) is 0 Å². The van der Waals surface area contributed by atoms with Crippen LogP contribution in [0.2, 0.25) is 0 Å². The number of ether oxygens (including phenoxy) is 1. The number of aliphatic hydroxyl groups excluding tert-OH is 1. The van der Waals surface area contributed by atoms with Gasteiger partial charge in [0.05, 0.1) is 13.2 Å². The zero-order chi connectivity index (χ0) is 15.0. The zero-order valence-electron chi connectivity index (χ0n) is 11.8. The summed E-state index contributed by atoms with van der Waals surface area (Å²) in [5.74, 6) is 0.459. The highest BCUT2D eigenvalue weighted by Gasteiger charge is 2.18. The minimum Gasteiger partial charge on any atom is -0.494 e. The summed E-state index contributed by atoms with van der Waals surface area (Å²) in [6.07, 6.45) is 3.04. The molecule has 1 unspecified atom stereocenters. The quantitative estimate of drug-likeness (QED) is 0.650. The summed E-state index contributed by atoms with van der Waals surface area (Å²) in [4.78, 5) is 11.5. The lowest BCUT2D eigenvalue weighted by molar-refractivity contribution is -0.117. The SMILES string of the molecule is CCOc1ccc(C=CC(=O)NCC(C)(O)CO)cc1.